The van der Waals surface area contributed by atoms with Gasteiger partial charge < -0.3 is 5.32 Å². The van der Waals surface area contributed by atoms with Crippen molar-refractivity contribution in [1.82, 2.24) is 10.3 Å². The molecular weight excluding hydrogens is 208 g/mol. The normalized spacial score (nSPS) is 16.5. The smallest absolute Gasteiger partial charge is 0.0570 e. The molecule has 0 aliphatic rings. The van der Waals surface area contributed by atoms with E-state index in [9.17, 15) is 0 Å². The van der Waals surface area contributed by atoms with Crippen molar-refractivity contribution in [2.75, 3.05) is 0 Å². The third-order valence-electron chi connectivity index (χ3n) is 3.49. The highest BCUT2D eigenvalue weighted by molar-refractivity contribution is 5.07. The minimum Gasteiger partial charge on any atom is -0.306 e. The van der Waals surface area contributed by atoms with Crippen LogP contribution in [0.1, 0.15) is 58.7 Å². The van der Waals surface area contributed by atoms with Crippen molar-refractivity contribution in [1.29, 1.82) is 0 Å². The molecule has 0 bridgehead atoms. The van der Waals surface area contributed by atoms with Gasteiger partial charge in [-0.05, 0) is 37.8 Å². The number of aromatic nitrogens is 1. The summed E-state index contributed by atoms with van der Waals surface area (Å²) in [4.78, 5) is 4.40. The Kier molecular flexibility index (Phi) is 6.20. The first-order valence-electron chi connectivity index (χ1n) is 6.84. The molecule has 0 saturated heterocycles. The van der Waals surface area contributed by atoms with Crippen LogP contribution in [0.15, 0.2) is 24.4 Å². The van der Waals surface area contributed by atoms with Gasteiger partial charge in [0.25, 0.3) is 0 Å². The molecule has 0 spiro atoms. The minimum atomic E-state index is 0.338. The molecule has 0 aliphatic heterocycles. The van der Waals surface area contributed by atoms with Crippen molar-refractivity contribution in [3.63, 3.8) is 0 Å². The third kappa shape index (κ3) is 4.86. The predicted octanol–water partition coefficient (Wildman–Crippen LogP) is 3.95. The summed E-state index contributed by atoms with van der Waals surface area (Å²) in [6, 6.07) is 7.04. The van der Waals surface area contributed by atoms with Gasteiger partial charge in [0.05, 0.1) is 5.69 Å². The van der Waals surface area contributed by atoms with E-state index in [-0.39, 0.29) is 0 Å². The van der Waals surface area contributed by atoms with E-state index < -0.39 is 0 Å². The third-order valence-corrected chi connectivity index (χ3v) is 3.49. The molecule has 1 heterocycles. The number of hydrogen-bond donors (Lipinski definition) is 1. The van der Waals surface area contributed by atoms with Crippen molar-refractivity contribution in [2.24, 2.45) is 5.92 Å². The molecule has 1 N–H and O–H groups in total. The van der Waals surface area contributed by atoms with Crippen LogP contribution >= 0.6 is 0 Å². The zero-order chi connectivity index (χ0) is 12.7. The van der Waals surface area contributed by atoms with E-state index in [1.165, 1.54) is 19.3 Å². The summed E-state index contributed by atoms with van der Waals surface area (Å²) in [6.07, 6.45) is 5.56. The van der Waals surface area contributed by atoms with Crippen molar-refractivity contribution in [3.8, 4) is 0 Å². The van der Waals surface area contributed by atoms with Crippen LogP contribution in [-0.2, 0) is 0 Å². The van der Waals surface area contributed by atoms with Crippen LogP contribution < -0.4 is 5.32 Å². The van der Waals surface area contributed by atoms with Crippen molar-refractivity contribution in [2.45, 2.75) is 59.0 Å². The average Bonchev–Trinajstić information content (AvgIpc) is 2.38. The fourth-order valence-electron chi connectivity index (χ4n) is 2.08. The van der Waals surface area contributed by atoms with E-state index in [2.05, 4.69) is 50.1 Å². The lowest BCUT2D eigenvalue weighted by Gasteiger charge is -2.24. The van der Waals surface area contributed by atoms with Crippen molar-refractivity contribution in [3.05, 3.63) is 30.1 Å². The van der Waals surface area contributed by atoms with Gasteiger partial charge >= 0.3 is 0 Å². The average molecular weight is 234 g/mol. The Morgan fingerprint density at radius 2 is 1.94 bits per heavy atom. The lowest BCUT2D eigenvalue weighted by atomic mass is 9.97. The summed E-state index contributed by atoms with van der Waals surface area (Å²) in [5.41, 5.74) is 1.13. The van der Waals surface area contributed by atoms with Crippen molar-refractivity contribution < 1.29 is 0 Å². The molecule has 0 radical (unpaired) electrons. The predicted molar refractivity (Wildman–Crippen MR) is 73.9 cm³/mol. The molecule has 1 rings (SSSR count). The molecule has 1 aromatic heterocycles. The summed E-state index contributed by atoms with van der Waals surface area (Å²) in [5, 5.41) is 3.69. The second-order valence-corrected chi connectivity index (χ2v) is 5.00. The number of hydrogen-bond acceptors (Lipinski definition) is 2. The van der Waals surface area contributed by atoms with Gasteiger partial charge in [-0.3, -0.25) is 4.98 Å². The number of nitrogens with one attached hydrogen (secondary N) is 1. The lowest BCUT2D eigenvalue weighted by Crippen LogP contribution is -2.32. The van der Waals surface area contributed by atoms with Gasteiger partial charge in [0.15, 0.2) is 0 Å². The first-order chi connectivity index (χ1) is 8.17. The molecule has 0 fully saturated rings. The maximum absolute atomic E-state index is 4.40. The zero-order valence-electron chi connectivity index (χ0n) is 11.6. The first-order valence-corrected chi connectivity index (χ1v) is 6.84. The van der Waals surface area contributed by atoms with Crippen LogP contribution in [0.2, 0.25) is 0 Å². The van der Waals surface area contributed by atoms with E-state index in [1.807, 2.05) is 12.3 Å². The Hall–Kier alpha value is -0.890. The second kappa shape index (κ2) is 7.44. The SMILES string of the molecule is CCC(C)CC(CC)N[C@H](C)c1ccccn1. The summed E-state index contributed by atoms with van der Waals surface area (Å²) in [7, 11) is 0. The summed E-state index contributed by atoms with van der Waals surface area (Å²) < 4.78 is 0. The van der Waals surface area contributed by atoms with Crippen LogP contribution in [0.25, 0.3) is 0 Å². The Morgan fingerprint density at radius 1 is 1.18 bits per heavy atom. The lowest BCUT2D eigenvalue weighted by molar-refractivity contribution is 0.356. The van der Waals surface area contributed by atoms with Crippen LogP contribution in [0, 0.1) is 5.92 Å². The van der Waals surface area contributed by atoms with Gasteiger partial charge in [-0.15, -0.1) is 0 Å². The molecule has 0 aliphatic carbocycles. The fourth-order valence-corrected chi connectivity index (χ4v) is 2.08. The Bertz CT molecular complexity index is 297. The minimum absolute atomic E-state index is 0.338. The van der Waals surface area contributed by atoms with Crippen LogP contribution in [0.3, 0.4) is 0 Å². The van der Waals surface area contributed by atoms with E-state index >= 15 is 0 Å². The molecular formula is C15H26N2. The molecule has 0 saturated carbocycles. The molecule has 2 nitrogen and oxygen atoms in total. The van der Waals surface area contributed by atoms with Crippen LogP contribution in [0.5, 0.6) is 0 Å². The molecule has 3 atom stereocenters. The first kappa shape index (κ1) is 14.2. The standard InChI is InChI=1S/C15H26N2/c1-5-12(3)11-14(6-2)17-13(4)15-9-7-8-10-16-15/h7-10,12-14,17H,5-6,11H2,1-4H3/t12?,13-,14?/m1/s1. The van der Waals surface area contributed by atoms with E-state index in [4.69, 9.17) is 0 Å². The summed E-state index contributed by atoms with van der Waals surface area (Å²) in [6.45, 7) is 9.04. The molecule has 96 valence electrons. The molecule has 0 amide bonds. The van der Waals surface area contributed by atoms with Gasteiger partial charge in [0.1, 0.15) is 0 Å². The quantitative estimate of drug-likeness (QED) is 0.772. The molecule has 1 aromatic rings. The highest BCUT2D eigenvalue weighted by atomic mass is 15.0. The van der Waals surface area contributed by atoms with Crippen LogP contribution in [0.4, 0.5) is 0 Å². The molecule has 0 aromatic carbocycles. The van der Waals surface area contributed by atoms with Gasteiger partial charge in [0.2, 0.25) is 0 Å². The van der Waals surface area contributed by atoms with E-state index in [0.29, 0.717) is 12.1 Å². The van der Waals surface area contributed by atoms with E-state index in [1.54, 1.807) is 0 Å². The van der Waals surface area contributed by atoms with Gasteiger partial charge in [-0.1, -0.05) is 33.3 Å². The van der Waals surface area contributed by atoms with Crippen molar-refractivity contribution >= 4 is 0 Å². The van der Waals surface area contributed by atoms with Crippen LogP contribution in [-0.4, -0.2) is 11.0 Å². The highest BCUT2D eigenvalue weighted by Gasteiger charge is 2.14. The zero-order valence-corrected chi connectivity index (χ0v) is 11.6. The Labute approximate surface area is 106 Å². The fraction of sp³-hybridized carbons (Fsp3) is 0.667. The monoisotopic (exact) mass is 234 g/mol. The summed E-state index contributed by atoms with van der Waals surface area (Å²) in [5.74, 6) is 0.795. The Balaban J connectivity index is 2.50. The maximum Gasteiger partial charge on any atom is 0.0570 e. The largest absolute Gasteiger partial charge is 0.306 e. The maximum atomic E-state index is 4.40. The topological polar surface area (TPSA) is 24.9 Å². The van der Waals surface area contributed by atoms with E-state index in [0.717, 1.165) is 11.6 Å². The number of nitrogens with zero attached hydrogens (tertiary/aromatic N) is 1. The second-order valence-electron chi connectivity index (χ2n) is 5.00. The van der Waals surface area contributed by atoms with Gasteiger partial charge in [0, 0.05) is 18.3 Å². The summed E-state index contributed by atoms with van der Waals surface area (Å²) >= 11 is 0. The Morgan fingerprint density at radius 3 is 2.47 bits per heavy atom. The number of pyridine rings is 1. The molecule has 17 heavy (non-hydrogen) atoms. The van der Waals surface area contributed by atoms with Gasteiger partial charge in [-0.2, -0.15) is 0 Å². The molecule has 2 unspecified atom stereocenters. The highest BCUT2D eigenvalue weighted by Crippen LogP contribution is 2.16. The number of rotatable bonds is 7. The van der Waals surface area contributed by atoms with Gasteiger partial charge in [-0.25, -0.2) is 0 Å². The molecule has 2 heteroatoms.